The highest BCUT2D eigenvalue weighted by Gasteiger charge is 2.11. The van der Waals surface area contributed by atoms with Crippen LogP contribution in [0.3, 0.4) is 0 Å². The zero-order valence-corrected chi connectivity index (χ0v) is 17.1. The molecule has 0 bridgehead atoms. The van der Waals surface area contributed by atoms with Crippen LogP contribution in [-0.4, -0.2) is 44.8 Å². The lowest BCUT2D eigenvalue weighted by Crippen LogP contribution is -2.23. The van der Waals surface area contributed by atoms with Crippen LogP contribution in [0.2, 0.25) is 0 Å². The molecule has 1 heterocycles. The van der Waals surface area contributed by atoms with Gasteiger partial charge in [-0.15, -0.1) is 5.10 Å². The number of aromatic nitrogens is 3. The number of nitrogens with zero attached hydrogens (tertiary/aromatic N) is 3. The van der Waals surface area contributed by atoms with Crippen molar-refractivity contribution >= 4 is 35.0 Å². The van der Waals surface area contributed by atoms with Crippen LogP contribution in [0.15, 0.2) is 53.7 Å². The first-order chi connectivity index (χ1) is 14.9. The molecule has 1 aromatic heterocycles. The van der Waals surface area contributed by atoms with Gasteiger partial charge in [-0.1, -0.05) is 11.8 Å². The average molecular weight is 442 g/mol. The molecule has 0 unspecified atom stereocenters. The third-order valence-corrected chi connectivity index (χ3v) is 4.82. The number of non-ortho nitro benzene ring substituents is 1. The van der Waals surface area contributed by atoms with Crippen molar-refractivity contribution in [3.05, 3.63) is 70.0 Å². The van der Waals surface area contributed by atoms with Crippen molar-refractivity contribution in [3.8, 4) is 5.75 Å². The van der Waals surface area contributed by atoms with Crippen LogP contribution in [0, 0.1) is 10.1 Å². The fourth-order valence-corrected chi connectivity index (χ4v) is 3.04. The van der Waals surface area contributed by atoms with Gasteiger partial charge in [-0.3, -0.25) is 24.8 Å². The lowest BCUT2D eigenvalue weighted by atomic mass is 10.2. The van der Waals surface area contributed by atoms with Crippen molar-refractivity contribution in [1.82, 2.24) is 20.5 Å². The lowest BCUT2D eigenvalue weighted by Gasteiger charge is -2.04. The highest BCUT2D eigenvalue weighted by atomic mass is 32.2. The second kappa shape index (κ2) is 10.2. The van der Waals surface area contributed by atoms with E-state index in [1.807, 2.05) is 0 Å². The average Bonchev–Trinajstić information content (AvgIpc) is 3.24. The van der Waals surface area contributed by atoms with Crippen LogP contribution in [0.1, 0.15) is 16.2 Å². The Bertz CT molecular complexity index is 1070. The number of rotatable bonds is 9. The Kier molecular flexibility index (Phi) is 7.17. The Morgan fingerprint density at radius 1 is 1.16 bits per heavy atom. The van der Waals surface area contributed by atoms with Crippen molar-refractivity contribution in [3.63, 3.8) is 0 Å². The van der Waals surface area contributed by atoms with Gasteiger partial charge in [0.05, 0.1) is 24.3 Å². The summed E-state index contributed by atoms with van der Waals surface area (Å²) in [5.74, 6) is 0.576. The number of anilines is 1. The third kappa shape index (κ3) is 6.27. The Morgan fingerprint density at radius 2 is 1.87 bits per heavy atom. The van der Waals surface area contributed by atoms with E-state index in [2.05, 4.69) is 25.8 Å². The van der Waals surface area contributed by atoms with E-state index in [1.54, 1.807) is 31.4 Å². The van der Waals surface area contributed by atoms with Crippen LogP contribution < -0.4 is 15.4 Å². The topological polar surface area (TPSA) is 152 Å². The smallest absolute Gasteiger partial charge is 0.269 e. The molecule has 12 heteroatoms. The summed E-state index contributed by atoms with van der Waals surface area (Å²) < 4.78 is 5.06. The molecule has 3 N–H and O–H groups in total. The fourth-order valence-electron chi connectivity index (χ4n) is 2.42. The first kappa shape index (κ1) is 21.8. The van der Waals surface area contributed by atoms with Crippen molar-refractivity contribution in [2.75, 3.05) is 18.2 Å². The monoisotopic (exact) mass is 442 g/mol. The number of thioether (sulfide) groups is 1. The normalized spacial score (nSPS) is 10.4. The van der Waals surface area contributed by atoms with Crippen molar-refractivity contribution in [1.29, 1.82) is 0 Å². The molecule has 160 valence electrons. The van der Waals surface area contributed by atoms with Crippen LogP contribution in [-0.2, 0) is 11.3 Å². The minimum absolute atomic E-state index is 0.0481. The Balaban J connectivity index is 1.44. The predicted molar refractivity (Wildman–Crippen MR) is 113 cm³/mol. The molecule has 11 nitrogen and oxygen atoms in total. The number of carbonyl (C=O) groups excluding carboxylic acids is 2. The maximum absolute atomic E-state index is 12.2. The molecule has 2 aromatic carbocycles. The van der Waals surface area contributed by atoms with E-state index < -0.39 is 4.92 Å². The molecule has 0 aliphatic heterocycles. The molecule has 0 radical (unpaired) electrons. The van der Waals surface area contributed by atoms with Gasteiger partial charge in [0.25, 0.3) is 11.6 Å². The number of nitrogens with one attached hydrogen (secondary N) is 3. The van der Waals surface area contributed by atoms with E-state index >= 15 is 0 Å². The summed E-state index contributed by atoms with van der Waals surface area (Å²) in [7, 11) is 1.55. The van der Waals surface area contributed by atoms with Gasteiger partial charge in [0.2, 0.25) is 11.1 Å². The number of H-pyrrole nitrogens is 1. The molecule has 0 spiro atoms. The van der Waals surface area contributed by atoms with E-state index in [1.165, 1.54) is 24.3 Å². The number of hydrogen-bond donors (Lipinski definition) is 3. The van der Waals surface area contributed by atoms with Gasteiger partial charge in [-0.05, 0) is 36.4 Å². The summed E-state index contributed by atoms with van der Waals surface area (Å²) in [5.41, 5.74) is 0.880. The molecule has 0 aliphatic rings. The summed E-state index contributed by atoms with van der Waals surface area (Å²) in [5, 5.41) is 23.1. The second-order valence-electron chi connectivity index (χ2n) is 6.12. The van der Waals surface area contributed by atoms with Crippen LogP contribution in [0.5, 0.6) is 5.75 Å². The SMILES string of the molecule is COc1ccc(C(=O)NCc2nc(SCC(=O)Nc3ccc([N+](=O)[O-])cc3)n[nH]2)cc1. The molecule has 3 rings (SSSR count). The number of nitro groups is 1. The van der Waals surface area contributed by atoms with Gasteiger partial charge in [0.1, 0.15) is 11.6 Å². The highest BCUT2D eigenvalue weighted by molar-refractivity contribution is 7.99. The van der Waals surface area contributed by atoms with E-state index in [-0.39, 0.29) is 29.8 Å². The molecule has 31 heavy (non-hydrogen) atoms. The summed E-state index contributed by atoms with van der Waals surface area (Å²) in [4.78, 5) is 38.5. The van der Waals surface area contributed by atoms with Gasteiger partial charge in [-0.25, -0.2) is 4.98 Å². The molecule has 3 aromatic rings. The van der Waals surface area contributed by atoms with Gasteiger partial charge < -0.3 is 15.4 Å². The third-order valence-electron chi connectivity index (χ3n) is 3.97. The summed E-state index contributed by atoms with van der Waals surface area (Å²) in [6.07, 6.45) is 0. The number of amides is 2. The van der Waals surface area contributed by atoms with Crippen molar-refractivity contribution < 1.29 is 19.2 Å². The van der Waals surface area contributed by atoms with E-state index in [0.717, 1.165) is 11.8 Å². The first-order valence-electron chi connectivity index (χ1n) is 8.95. The molecule has 2 amide bonds. The number of nitro benzene ring substituents is 1. The van der Waals surface area contributed by atoms with Crippen LogP contribution in [0.4, 0.5) is 11.4 Å². The summed E-state index contributed by atoms with van der Waals surface area (Å²) in [6, 6.07) is 12.2. The maximum Gasteiger partial charge on any atom is 0.269 e. The van der Waals surface area contributed by atoms with Crippen molar-refractivity contribution in [2.24, 2.45) is 0 Å². The zero-order chi connectivity index (χ0) is 22.2. The second-order valence-corrected chi connectivity index (χ2v) is 7.06. The number of methoxy groups -OCH3 is 1. The molecular formula is C19H18N6O5S. The number of ether oxygens (including phenoxy) is 1. The fraction of sp³-hybridized carbons (Fsp3) is 0.158. The lowest BCUT2D eigenvalue weighted by molar-refractivity contribution is -0.384. The van der Waals surface area contributed by atoms with Gasteiger partial charge in [0, 0.05) is 23.4 Å². The molecule has 0 saturated heterocycles. The number of benzene rings is 2. The van der Waals surface area contributed by atoms with Gasteiger partial charge in [-0.2, -0.15) is 0 Å². The Morgan fingerprint density at radius 3 is 2.52 bits per heavy atom. The summed E-state index contributed by atoms with van der Waals surface area (Å²) >= 11 is 1.11. The zero-order valence-electron chi connectivity index (χ0n) is 16.3. The van der Waals surface area contributed by atoms with E-state index in [9.17, 15) is 19.7 Å². The van der Waals surface area contributed by atoms with E-state index in [4.69, 9.17) is 4.74 Å². The minimum Gasteiger partial charge on any atom is -0.497 e. The Hall–Kier alpha value is -3.93. The molecule has 0 atom stereocenters. The maximum atomic E-state index is 12.2. The van der Waals surface area contributed by atoms with Crippen LogP contribution in [0.25, 0.3) is 0 Å². The number of hydrogen-bond acceptors (Lipinski definition) is 8. The quantitative estimate of drug-likeness (QED) is 0.259. The number of carbonyl (C=O) groups is 2. The summed E-state index contributed by atoms with van der Waals surface area (Å²) in [6.45, 7) is 0.146. The molecular weight excluding hydrogens is 424 g/mol. The first-order valence-corrected chi connectivity index (χ1v) is 9.94. The molecule has 0 aliphatic carbocycles. The van der Waals surface area contributed by atoms with Gasteiger partial charge >= 0.3 is 0 Å². The van der Waals surface area contributed by atoms with Gasteiger partial charge in [0.15, 0.2) is 0 Å². The predicted octanol–water partition coefficient (Wildman–Crippen LogP) is 2.38. The molecule has 0 saturated carbocycles. The van der Waals surface area contributed by atoms with Crippen molar-refractivity contribution in [2.45, 2.75) is 11.7 Å². The van der Waals surface area contributed by atoms with E-state index in [0.29, 0.717) is 28.0 Å². The highest BCUT2D eigenvalue weighted by Crippen LogP contribution is 2.17. The Labute approximate surface area is 180 Å². The molecule has 0 fully saturated rings. The number of aromatic amines is 1. The standard InChI is InChI=1S/C19H18N6O5S/c1-30-15-8-2-12(3-9-15)18(27)20-10-16-22-19(24-23-16)31-11-17(26)21-13-4-6-14(7-5-13)25(28)29/h2-9H,10-11H2,1H3,(H,20,27)(H,21,26)(H,22,23,24). The minimum atomic E-state index is -0.512. The van der Waals surface area contributed by atoms with Crippen LogP contribution >= 0.6 is 11.8 Å². The largest absolute Gasteiger partial charge is 0.497 e.